The summed E-state index contributed by atoms with van der Waals surface area (Å²) in [5.41, 5.74) is 0. The minimum absolute atomic E-state index is 0. The third-order valence-corrected chi connectivity index (χ3v) is 0.183. The summed E-state index contributed by atoms with van der Waals surface area (Å²) >= 11 is 0. The average molecular weight is 238 g/mol. The van der Waals surface area contributed by atoms with Crippen LogP contribution in [-0.2, 0) is 42.9 Å². The van der Waals surface area contributed by atoms with E-state index in [9.17, 15) is 0 Å². The van der Waals surface area contributed by atoms with Gasteiger partial charge in [-0.2, -0.15) is 0 Å². The summed E-state index contributed by atoms with van der Waals surface area (Å²) in [6.07, 6.45) is 0. The molecule has 0 saturated carbocycles. The number of carbonyl (C=O) groups is 2. The predicted molar refractivity (Wildman–Crippen MR) is 25.2 cm³/mol. The minimum atomic E-state index is -1.82. The van der Waals surface area contributed by atoms with E-state index in [1.165, 1.54) is 0 Å². The van der Waals surface area contributed by atoms with Gasteiger partial charge in [-0.1, -0.05) is 0 Å². The Morgan fingerprint density at radius 2 is 1.11 bits per heavy atom. The molecule has 9 heavy (non-hydrogen) atoms. The zero-order valence-electron chi connectivity index (χ0n) is 3.36. The monoisotopic (exact) mass is 237 g/mol. The Labute approximate surface area is 82.3 Å². The van der Waals surface area contributed by atoms with Gasteiger partial charge < -0.3 is 10.2 Å². The SMILES string of the molecule is O=C(O)C(=O)O.[AlH3].[Co].[Ni]. The molecule has 0 saturated heterocycles. The molecule has 4 nitrogen and oxygen atoms in total. The molecule has 0 heterocycles. The molecule has 7 heteroatoms. The van der Waals surface area contributed by atoms with Gasteiger partial charge in [0, 0.05) is 33.3 Å². The van der Waals surface area contributed by atoms with E-state index in [4.69, 9.17) is 19.8 Å². The van der Waals surface area contributed by atoms with Gasteiger partial charge in [0.1, 0.15) is 0 Å². The molecule has 0 atom stereocenters. The van der Waals surface area contributed by atoms with Gasteiger partial charge in [0.05, 0.1) is 0 Å². The van der Waals surface area contributed by atoms with Gasteiger partial charge >= 0.3 is 11.9 Å². The maximum Gasteiger partial charge on any atom is 0.414 e. The summed E-state index contributed by atoms with van der Waals surface area (Å²) in [5, 5.41) is 14.8. The van der Waals surface area contributed by atoms with Crippen molar-refractivity contribution in [2.24, 2.45) is 0 Å². The standard InChI is InChI=1S/C2H2O4.Al.Co.Ni.3H/c3-1(4)2(5)6;;;;;;/h(H,3,4)(H,5,6);;;;;;. The van der Waals surface area contributed by atoms with Crippen LogP contribution >= 0.6 is 0 Å². The van der Waals surface area contributed by atoms with Crippen LogP contribution in [0, 0.1) is 0 Å². The number of rotatable bonds is 0. The van der Waals surface area contributed by atoms with Crippen molar-refractivity contribution in [1.82, 2.24) is 0 Å². The Balaban J connectivity index is -0.0000000417. The van der Waals surface area contributed by atoms with E-state index in [2.05, 4.69) is 0 Å². The van der Waals surface area contributed by atoms with Crippen LogP contribution in [0.25, 0.3) is 0 Å². The number of aliphatic carboxylic acids is 2. The van der Waals surface area contributed by atoms with Gasteiger partial charge in [-0.05, 0) is 0 Å². The molecule has 0 fully saturated rings. The van der Waals surface area contributed by atoms with Crippen molar-refractivity contribution in [3.05, 3.63) is 0 Å². The average Bonchev–Trinajstić information content (AvgIpc) is 1.36. The topological polar surface area (TPSA) is 74.6 Å². The zero-order valence-corrected chi connectivity index (χ0v) is 5.39. The quantitative estimate of drug-likeness (QED) is 0.376. The first-order chi connectivity index (χ1) is 2.64. The van der Waals surface area contributed by atoms with Crippen molar-refractivity contribution < 1.29 is 53.1 Å². The van der Waals surface area contributed by atoms with Gasteiger partial charge in [-0.15, -0.1) is 0 Å². The second kappa shape index (κ2) is 11.3. The first-order valence-electron chi connectivity index (χ1n) is 1.11. The molecule has 0 amide bonds. The molecule has 2 N–H and O–H groups in total. The van der Waals surface area contributed by atoms with E-state index in [-0.39, 0.29) is 50.6 Å². The number of carboxylic acids is 2. The van der Waals surface area contributed by atoms with Crippen LogP contribution in [0.4, 0.5) is 0 Å². The zero-order chi connectivity index (χ0) is 5.15. The van der Waals surface area contributed by atoms with Crippen molar-refractivity contribution in [3.8, 4) is 0 Å². The molecule has 0 aromatic rings. The fourth-order valence-corrected chi connectivity index (χ4v) is 0. The molecule has 0 bridgehead atoms. The fraction of sp³-hybridized carbons (Fsp3) is 0. The van der Waals surface area contributed by atoms with Crippen LogP contribution in [-0.4, -0.2) is 39.5 Å². The molecule has 0 aliphatic heterocycles. The van der Waals surface area contributed by atoms with Gasteiger partial charge in [0.15, 0.2) is 17.4 Å². The van der Waals surface area contributed by atoms with Crippen molar-refractivity contribution >= 4 is 29.3 Å². The Morgan fingerprint density at radius 3 is 1.11 bits per heavy atom. The molecule has 0 rings (SSSR count). The van der Waals surface area contributed by atoms with E-state index in [1.54, 1.807) is 0 Å². The Kier molecular flexibility index (Phi) is 28.5. The van der Waals surface area contributed by atoms with E-state index in [0.29, 0.717) is 0 Å². The molecule has 0 spiro atoms. The maximum absolute atomic E-state index is 9.10. The van der Waals surface area contributed by atoms with Crippen molar-refractivity contribution in [2.45, 2.75) is 0 Å². The fourth-order valence-electron chi connectivity index (χ4n) is 0. The van der Waals surface area contributed by atoms with E-state index in [0.717, 1.165) is 0 Å². The summed E-state index contributed by atoms with van der Waals surface area (Å²) < 4.78 is 0. The molecule has 1 radical (unpaired) electrons. The van der Waals surface area contributed by atoms with Crippen LogP contribution in [0.2, 0.25) is 0 Å². The van der Waals surface area contributed by atoms with Crippen molar-refractivity contribution in [3.63, 3.8) is 0 Å². The molecule has 59 valence electrons. The van der Waals surface area contributed by atoms with Crippen molar-refractivity contribution in [1.29, 1.82) is 0 Å². The first kappa shape index (κ1) is 22.7. The van der Waals surface area contributed by atoms with Crippen LogP contribution in [0.5, 0.6) is 0 Å². The first-order valence-corrected chi connectivity index (χ1v) is 1.11. The second-order valence-corrected chi connectivity index (χ2v) is 0.610. The van der Waals surface area contributed by atoms with Crippen LogP contribution in [0.3, 0.4) is 0 Å². The molecular weight excluding hydrogens is 233 g/mol. The Hall–Kier alpha value is 0.472. The summed E-state index contributed by atoms with van der Waals surface area (Å²) in [4.78, 5) is 18.2. The number of carboxylic acid groups (broad SMARTS) is 2. The largest absolute Gasteiger partial charge is 0.473 e. The number of hydrogen-bond acceptors (Lipinski definition) is 2. The predicted octanol–water partition coefficient (Wildman–Crippen LogP) is -2.03. The summed E-state index contributed by atoms with van der Waals surface area (Å²) in [6.45, 7) is 0. The van der Waals surface area contributed by atoms with Crippen LogP contribution in [0.1, 0.15) is 0 Å². The van der Waals surface area contributed by atoms with E-state index >= 15 is 0 Å². The van der Waals surface area contributed by atoms with Crippen molar-refractivity contribution in [2.75, 3.05) is 0 Å². The molecule has 0 unspecified atom stereocenters. The van der Waals surface area contributed by atoms with Crippen LogP contribution < -0.4 is 0 Å². The van der Waals surface area contributed by atoms with Gasteiger partial charge in [0.25, 0.3) is 0 Å². The van der Waals surface area contributed by atoms with E-state index < -0.39 is 11.9 Å². The number of hydrogen-bond donors (Lipinski definition) is 2. The Bertz CT molecular complexity index is 84.6. The normalized spacial score (nSPS) is 4.89. The van der Waals surface area contributed by atoms with E-state index in [1.807, 2.05) is 0 Å². The molecule has 0 aliphatic rings. The maximum atomic E-state index is 9.10. The second-order valence-electron chi connectivity index (χ2n) is 0.610. The third-order valence-electron chi connectivity index (χ3n) is 0.183. The third kappa shape index (κ3) is 17.7. The molecular formula is C2H5AlCoNiO4. The van der Waals surface area contributed by atoms with Gasteiger partial charge in [0.2, 0.25) is 0 Å². The summed E-state index contributed by atoms with van der Waals surface area (Å²) in [6, 6.07) is 0. The summed E-state index contributed by atoms with van der Waals surface area (Å²) in [7, 11) is 0. The van der Waals surface area contributed by atoms with Crippen LogP contribution in [0.15, 0.2) is 0 Å². The Morgan fingerprint density at radius 1 is 1.00 bits per heavy atom. The molecule has 0 aromatic carbocycles. The van der Waals surface area contributed by atoms with Gasteiger partial charge in [-0.25, -0.2) is 9.59 Å². The van der Waals surface area contributed by atoms with Gasteiger partial charge in [-0.3, -0.25) is 0 Å². The minimum Gasteiger partial charge on any atom is -0.473 e. The smallest absolute Gasteiger partial charge is 0.414 e. The summed E-state index contributed by atoms with van der Waals surface area (Å²) in [5.74, 6) is -3.65. The molecule has 0 aromatic heterocycles. The molecule has 0 aliphatic carbocycles.